The third-order valence-electron chi connectivity index (χ3n) is 2.25. The van der Waals surface area contributed by atoms with Crippen LogP contribution >= 0.6 is 0 Å². The number of anilines is 1. The average molecular weight is 264 g/mol. The highest BCUT2D eigenvalue weighted by Crippen LogP contribution is 2.09. The van der Waals surface area contributed by atoms with E-state index in [2.05, 4.69) is 10.4 Å². The van der Waals surface area contributed by atoms with Gasteiger partial charge in [-0.2, -0.15) is 4.68 Å². The Labute approximate surface area is 106 Å². The molecule has 0 aliphatic heterocycles. The molecule has 1 amide bonds. The maximum absolute atomic E-state index is 12.7. The van der Waals surface area contributed by atoms with Crippen LogP contribution in [0.5, 0.6) is 0 Å². The van der Waals surface area contributed by atoms with E-state index in [0.717, 1.165) is 4.68 Å². The van der Waals surface area contributed by atoms with Gasteiger partial charge < -0.3 is 15.4 Å². The molecular weight excluding hydrogens is 255 g/mol. The molecule has 1 heterocycles. The molecule has 2 rings (SSSR count). The molecule has 8 heteroatoms. The molecule has 0 aliphatic carbocycles. The van der Waals surface area contributed by atoms with Gasteiger partial charge in [-0.15, -0.1) is 0 Å². The lowest BCUT2D eigenvalue weighted by atomic mass is 10.3. The molecular formula is C11H9FN4O3. The minimum Gasteiger partial charge on any atom is -0.358 e. The number of nitro groups is 1. The third-order valence-corrected chi connectivity index (χ3v) is 2.25. The Hall–Kier alpha value is -2.77. The number of nitrogens with one attached hydrogen (secondary N) is 1. The van der Waals surface area contributed by atoms with Crippen LogP contribution in [0.1, 0.15) is 0 Å². The zero-order chi connectivity index (χ0) is 13.8. The molecule has 0 aliphatic rings. The molecule has 0 fully saturated rings. The Bertz CT molecular complexity index is 609. The lowest BCUT2D eigenvalue weighted by Gasteiger charge is -2.03. The molecule has 0 radical (unpaired) electrons. The second-order valence-electron chi connectivity index (χ2n) is 3.68. The molecule has 0 spiro atoms. The lowest BCUT2D eigenvalue weighted by Crippen LogP contribution is -2.19. The van der Waals surface area contributed by atoms with Crippen LogP contribution in [0, 0.1) is 15.9 Å². The van der Waals surface area contributed by atoms with Gasteiger partial charge in [0, 0.05) is 5.69 Å². The number of aromatic nitrogens is 2. The predicted molar refractivity (Wildman–Crippen MR) is 63.9 cm³/mol. The normalized spacial score (nSPS) is 10.2. The second kappa shape index (κ2) is 5.25. The summed E-state index contributed by atoms with van der Waals surface area (Å²) >= 11 is 0. The molecule has 1 aromatic carbocycles. The highest BCUT2D eigenvalue weighted by Gasteiger charge is 2.13. The van der Waals surface area contributed by atoms with E-state index in [0.29, 0.717) is 5.69 Å². The van der Waals surface area contributed by atoms with Crippen molar-refractivity contribution >= 4 is 17.4 Å². The number of carbonyl (C=O) groups is 1. The Balaban J connectivity index is 1.97. The largest absolute Gasteiger partial charge is 0.389 e. The lowest BCUT2D eigenvalue weighted by molar-refractivity contribution is -0.389. The van der Waals surface area contributed by atoms with Gasteiger partial charge in [0.1, 0.15) is 12.4 Å². The molecule has 1 N–H and O–H groups in total. The molecule has 1 aromatic heterocycles. The summed E-state index contributed by atoms with van der Waals surface area (Å²) in [6.07, 6.45) is 1.34. The van der Waals surface area contributed by atoms with Gasteiger partial charge in [-0.05, 0) is 29.2 Å². The first-order valence-corrected chi connectivity index (χ1v) is 5.28. The smallest absolute Gasteiger partial charge is 0.358 e. The zero-order valence-electron chi connectivity index (χ0n) is 9.62. The summed E-state index contributed by atoms with van der Waals surface area (Å²) in [6, 6.07) is 6.46. The zero-order valence-corrected chi connectivity index (χ0v) is 9.62. The van der Waals surface area contributed by atoms with Gasteiger partial charge in [-0.3, -0.25) is 4.79 Å². The number of benzene rings is 1. The van der Waals surface area contributed by atoms with Crippen LogP contribution in [0.15, 0.2) is 36.5 Å². The fourth-order valence-corrected chi connectivity index (χ4v) is 1.42. The van der Waals surface area contributed by atoms with E-state index in [-0.39, 0.29) is 12.4 Å². The first kappa shape index (κ1) is 12.7. The van der Waals surface area contributed by atoms with E-state index in [1.165, 1.54) is 36.5 Å². The number of hydrogen-bond acceptors (Lipinski definition) is 4. The van der Waals surface area contributed by atoms with E-state index in [4.69, 9.17) is 0 Å². The molecule has 0 saturated carbocycles. The Morgan fingerprint density at radius 2 is 2.05 bits per heavy atom. The van der Waals surface area contributed by atoms with Crippen molar-refractivity contribution in [1.29, 1.82) is 0 Å². The van der Waals surface area contributed by atoms with E-state index in [1.54, 1.807) is 0 Å². The maximum Gasteiger partial charge on any atom is 0.389 e. The SMILES string of the molecule is O=C(Cn1ccc([N+](=O)[O-])n1)Nc1ccc(F)cc1. The van der Waals surface area contributed by atoms with Crippen molar-refractivity contribution < 1.29 is 14.1 Å². The first-order valence-electron chi connectivity index (χ1n) is 5.28. The fraction of sp³-hybridized carbons (Fsp3) is 0.0909. The van der Waals surface area contributed by atoms with Crippen molar-refractivity contribution in [3.63, 3.8) is 0 Å². The maximum atomic E-state index is 12.7. The van der Waals surface area contributed by atoms with Gasteiger partial charge in [0.25, 0.3) is 0 Å². The monoisotopic (exact) mass is 264 g/mol. The van der Waals surface area contributed by atoms with Gasteiger partial charge in [0.15, 0.2) is 0 Å². The van der Waals surface area contributed by atoms with E-state index in [9.17, 15) is 19.3 Å². The van der Waals surface area contributed by atoms with Crippen LogP contribution < -0.4 is 5.32 Å². The number of halogens is 1. The van der Waals surface area contributed by atoms with E-state index >= 15 is 0 Å². The van der Waals surface area contributed by atoms with Crippen LogP contribution in [0.2, 0.25) is 0 Å². The van der Waals surface area contributed by atoms with Crippen LogP contribution in [0.4, 0.5) is 15.9 Å². The molecule has 98 valence electrons. The Morgan fingerprint density at radius 1 is 1.37 bits per heavy atom. The summed E-state index contributed by atoms with van der Waals surface area (Å²) in [7, 11) is 0. The molecule has 7 nitrogen and oxygen atoms in total. The van der Waals surface area contributed by atoms with Crippen molar-refractivity contribution in [3.05, 3.63) is 52.5 Å². The summed E-state index contributed by atoms with van der Waals surface area (Å²) < 4.78 is 13.8. The first-order chi connectivity index (χ1) is 9.04. The van der Waals surface area contributed by atoms with Gasteiger partial charge >= 0.3 is 5.82 Å². The summed E-state index contributed by atoms with van der Waals surface area (Å²) in [4.78, 5) is 21.4. The molecule has 0 unspecified atom stereocenters. The van der Waals surface area contributed by atoms with Crippen LogP contribution in [-0.2, 0) is 11.3 Å². The van der Waals surface area contributed by atoms with Crippen LogP contribution in [0.3, 0.4) is 0 Å². The number of rotatable bonds is 4. The minimum absolute atomic E-state index is 0.161. The number of nitrogens with zero attached hydrogens (tertiary/aromatic N) is 3. The summed E-state index contributed by atoms with van der Waals surface area (Å²) in [5.41, 5.74) is 0.438. The third kappa shape index (κ3) is 3.35. The van der Waals surface area contributed by atoms with Crippen LogP contribution in [-0.4, -0.2) is 20.6 Å². The topological polar surface area (TPSA) is 90.1 Å². The average Bonchev–Trinajstić information content (AvgIpc) is 2.80. The van der Waals surface area contributed by atoms with E-state index < -0.39 is 16.6 Å². The van der Waals surface area contributed by atoms with Gasteiger partial charge in [-0.25, -0.2) is 4.39 Å². The highest BCUT2D eigenvalue weighted by molar-refractivity contribution is 5.90. The van der Waals surface area contributed by atoms with Crippen molar-refractivity contribution in [2.24, 2.45) is 0 Å². The van der Waals surface area contributed by atoms with Crippen molar-refractivity contribution in [2.75, 3.05) is 5.32 Å². The predicted octanol–water partition coefficient (Wildman–Crippen LogP) is 1.57. The molecule has 0 atom stereocenters. The Morgan fingerprint density at radius 3 is 2.63 bits per heavy atom. The van der Waals surface area contributed by atoms with Gasteiger partial charge in [0.05, 0.1) is 17.4 Å². The molecule has 2 aromatic rings. The summed E-state index contributed by atoms with van der Waals surface area (Å²) in [6.45, 7) is -0.161. The van der Waals surface area contributed by atoms with Crippen molar-refractivity contribution in [1.82, 2.24) is 9.78 Å². The molecule has 19 heavy (non-hydrogen) atoms. The van der Waals surface area contributed by atoms with Gasteiger partial charge in [0.2, 0.25) is 5.91 Å². The summed E-state index contributed by atoms with van der Waals surface area (Å²) in [5.74, 6) is -1.14. The number of hydrogen-bond donors (Lipinski definition) is 1. The number of amides is 1. The Kier molecular flexibility index (Phi) is 3.51. The second-order valence-corrected chi connectivity index (χ2v) is 3.68. The van der Waals surface area contributed by atoms with Crippen LogP contribution in [0.25, 0.3) is 0 Å². The highest BCUT2D eigenvalue weighted by atomic mass is 19.1. The quantitative estimate of drug-likeness (QED) is 0.670. The van der Waals surface area contributed by atoms with E-state index in [1.807, 2.05) is 0 Å². The number of carbonyl (C=O) groups excluding carboxylic acids is 1. The van der Waals surface area contributed by atoms with Gasteiger partial charge in [-0.1, -0.05) is 0 Å². The molecule has 0 saturated heterocycles. The van der Waals surface area contributed by atoms with Crippen molar-refractivity contribution in [2.45, 2.75) is 6.54 Å². The van der Waals surface area contributed by atoms with Crippen molar-refractivity contribution in [3.8, 4) is 0 Å². The standard InChI is InChI=1S/C11H9FN4O3/c12-8-1-3-9(4-2-8)13-11(17)7-15-6-5-10(14-15)16(18)19/h1-6H,7H2,(H,13,17). The minimum atomic E-state index is -0.644. The fourth-order valence-electron chi connectivity index (χ4n) is 1.42. The molecule has 0 bridgehead atoms. The summed E-state index contributed by atoms with van der Waals surface area (Å²) in [5, 5.41) is 16.5.